The molecule has 2 aromatic carbocycles. The summed E-state index contributed by atoms with van der Waals surface area (Å²) in [7, 11) is 0. The molecule has 6 nitrogen and oxygen atoms in total. The first-order valence-electron chi connectivity index (χ1n) is 8.02. The molecule has 0 radical (unpaired) electrons. The Morgan fingerprint density at radius 2 is 1.80 bits per heavy atom. The molecule has 3 aromatic rings. The monoisotopic (exact) mass is 341 g/mol. The molecule has 6 heteroatoms. The minimum Gasteiger partial charge on any atom is -0.507 e. The van der Waals surface area contributed by atoms with Crippen molar-refractivity contribution in [2.45, 2.75) is 26.4 Å². The molecule has 3 N–H and O–H groups in total. The molecule has 0 unspecified atom stereocenters. The van der Waals surface area contributed by atoms with E-state index in [0.29, 0.717) is 16.3 Å². The van der Waals surface area contributed by atoms with Crippen LogP contribution in [0.2, 0.25) is 0 Å². The van der Waals surface area contributed by atoms with Crippen molar-refractivity contribution in [3.8, 4) is 5.75 Å². The van der Waals surface area contributed by atoms with Crippen LogP contribution in [0, 0.1) is 5.92 Å². The van der Waals surface area contributed by atoms with Gasteiger partial charge in [0.2, 0.25) is 0 Å². The maximum Gasteiger partial charge on any atom is 0.344 e. The van der Waals surface area contributed by atoms with Gasteiger partial charge >= 0.3 is 11.6 Å². The molecule has 0 spiro atoms. The third-order valence-corrected chi connectivity index (χ3v) is 4.30. The summed E-state index contributed by atoms with van der Waals surface area (Å²) in [5, 5.41) is 24.3. The highest BCUT2D eigenvalue weighted by Crippen LogP contribution is 2.30. The van der Waals surface area contributed by atoms with Crippen LogP contribution < -0.4 is 10.9 Å². The van der Waals surface area contributed by atoms with Gasteiger partial charge in [-0.05, 0) is 29.5 Å². The fraction of sp³-hybridized carbons (Fsp3) is 0.263. The summed E-state index contributed by atoms with van der Waals surface area (Å²) in [5.41, 5.74) is 0.143. The molecule has 130 valence electrons. The van der Waals surface area contributed by atoms with Crippen LogP contribution in [0.15, 0.2) is 45.6 Å². The summed E-state index contributed by atoms with van der Waals surface area (Å²) in [6, 6.07) is 9.52. The van der Waals surface area contributed by atoms with Gasteiger partial charge in [0.15, 0.2) is 0 Å². The molecule has 1 atom stereocenters. The minimum atomic E-state index is -0.971. The van der Waals surface area contributed by atoms with Crippen molar-refractivity contribution in [2.75, 3.05) is 0 Å². The number of nitrogens with one attached hydrogen (secondary N) is 1. The van der Waals surface area contributed by atoms with Crippen LogP contribution in [-0.4, -0.2) is 22.2 Å². The fourth-order valence-corrected chi connectivity index (χ4v) is 2.98. The van der Waals surface area contributed by atoms with E-state index in [4.69, 9.17) is 4.42 Å². The van der Waals surface area contributed by atoms with Gasteiger partial charge < -0.3 is 14.6 Å². The minimum absolute atomic E-state index is 0.0497. The Labute approximate surface area is 143 Å². The van der Waals surface area contributed by atoms with Gasteiger partial charge in [0.05, 0.1) is 10.9 Å². The largest absolute Gasteiger partial charge is 0.507 e. The van der Waals surface area contributed by atoms with Gasteiger partial charge in [-0.1, -0.05) is 32.0 Å². The average Bonchev–Trinajstić information content (AvgIpc) is 2.56. The third kappa shape index (κ3) is 3.08. The van der Waals surface area contributed by atoms with E-state index >= 15 is 0 Å². The first-order chi connectivity index (χ1) is 11.9. The van der Waals surface area contributed by atoms with E-state index in [9.17, 15) is 19.8 Å². The van der Waals surface area contributed by atoms with Gasteiger partial charge in [0.1, 0.15) is 17.4 Å². The number of carboxylic acid groups (broad SMARTS) is 1. The molecular weight excluding hydrogens is 322 g/mol. The van der Waals surface area contributed by atoms with Crippen LogP contribution in [0.5, 0.6) is 5.75 Å². The molecule has 1 aromatic heterocycles. The molecule has 0 amide bonds. The van der Waals surface area contributed by atoms with Crippen LogP contribution in [0.1, 0.15) is 19.4 Å². The normalized spacial score (nSPS) is 12.8. The number of hydrogen-bond acceptors (Lipinski definition) is 5. The number of carbonyl (C=O) groups is 1. The predicted molar refractivity (Wildman–Crippen MR) is 94.8 cm³/mol. The van der Waals surface area contributed by atoms with E-state index in [-0.39, 0.29) is 23.8 Å². The van der Waals surface area contributed by atoms with Crippen molar-refractivity contribution in [3.63, 3.8) is 0 Å². The molecule has 25 heavy (non-hydrogen) atoms. The maximum atomic E-state index is 12.2. The molecule has 0 aliphatic carbocycles. The van der Waals surface area contributed by atoms with Crippen molar-refractivity contribution in [3.05, 3.63) is 52.4 Å². The van der Waals surface area contributed by atoms with Crippen LogP contribution in [0.25, 0.3) is 21.7 Å². The fourth-order valence-electron chi connectivity index (χ4n) is 2.98. The highest BCUT2D eigenvalue weighted by atomic mass is 16.4. The lowest BCUT2D eigenvalue weighted by Gasteiger charge is -2.18. The number of phenols is 1. The van der Waals surface area contributed by atoms with E-state index in [1.165, 1.54) is 6.07 Å². The van der Waals surface area contributed by atoms with Gasteiger partial charge in [0.25, 0.3) is 0 Å². The van der Waals surface area contributed by atoms with Crippen molar-refractivity contribution in [2.24, 2.45) is 5.92 Å². The Hall–Kier alpha value is -2.86. The Bertz CT molecular complexity index is 1010. The number of hydrogen-bond donors (Lipinski definition) is 3. The number of fused-ring (bicyclic) bond motifs is 3. The SMILES string of the molecule is CC(C)[C@@H](NCc1c(O)ccc2c1oc(=O)c1ccccc12)C(=O)O. The van der Waals surface area contributed by atoms with Gasteiger partial charge in [0, 0.05) is 11.9 Å². The number of benzene rings is 2. The molecular formula is C19H19NO5. The summed E-state index contributed by atoms with van der Waals surface area (Å²) in [6.07, 6.45) is 0. The first kappa shape index (κ1) is 17.0. The Morgan fingerprint density at radius 1 is 1.12 bits per heavy atom. The predicted octanol–water partition coefficient (Wildman–Crippen LogP) is 2.85. The molecule has 0 bridgehead atoms. The standard InChI is InChI=1S/C19H19NO5/c1-10(2)16(18(22)23)20-9-14-15(21)8-7-12-11-5-3-4-6-13(11)19(24)25-17(12)14/h3-8,10,16,20-21H,9H2,1-2H3,(H,22,23)/t16-/m1/s1. The van der Waals surface area contributed by atoms with Crippen molar-refractivity contribution in [1.29, 1.82) is 0 Å². The zero-order valence-corrected chi connectivity index (χ0v) is 13.9. The molecule has 0 saturated heterocycles. The summed E-state index contributed by atoms with van der Waals surface area (Å²) >= 11 is 0. The van der Waals surface area contributed by atoms with Gasteiger partial charge in [-0.25, -0.2) is 4.79 Å². The smallest absolute Gasteiger partial charge is 0.344 e. The molecule has 0 fully saturated rings. The number of aromatic hydroxyl groups is 1. The second-order valence-electron chi connectivity index (χ2n) is 6.32. The average molecular weight is 341 g/mol. The van der Waals surface area contributed by atoms with Crippen molar-refractivity contribution < 1.29 is 19.4 Å². The second kappa shape index (κ2) is 6.57. The topological polar surface area (TPSA) is 99.8 Å². The summed E-state index contributed by atoms with van der Waals surface area (Å²) in [5.74, 6) is -1.16. The number of carboxylic acids is 1. The lowest BCUT2D eigenvalue weighted by atomic mass is 10.0. The number of phenolic OH excluding ortho intramolecular Hbond substituents is 1. The van der Waals surface area contributed by atoms with E-state index in [1.54, 1.807) is 32.0 Å². The summed E-state index contributed by atoms with van der Waals surface area (Å²) in [6.45, 7) is 3.66. The van der Waals surface area contributed by atoms with Crippen LogP contribution >= 0.6 is 0 Å². The molecule has 0 saturated carbocycles. The maximum absolute atomic E-state index is 12.2. The molecule has 3 rings (SSSR count). The van der Waals surface area contributed by atoms with Crippen LogP contribution in [0.3, 0.4) is 0 Å². The highest BCUT2D eigenvalue weighted by Gasteiger charge is 2.22. The third-order valence-electron chi connectivity index (χ3n) is 4.30. The first-order valence-corrected chi connectivity index (χ1v) is 8.02. The lowest BCUT2D eigenvalue weighted by Crippen LogP contribution is -2.40. The van der Waals surface area contributed by atoms with Crippen molar-refractivity contribution in [1.82, 2.24) is 5.32 Å². The van der Waals surface area contributed by atoms with Gasteiger partial charge in [-0.15, -0.1) is 0 Å². The number of rotatable bonds is 5. The van der Waals surface area contributed by atoms with E-state index in [1.807, 2.05) is 12.1 Å². The quantitative estimate of drug-likeness (QED) is 0.487. The zero-order chi connectivity index (χ0) is 18.1. The molecule has 1 heterocycles. The Kier molecular flexibility index (Phi) is 4.46. The summed E-state index contributed by atoms with van der Waals surface area (Å²) < 4.78 is 5.44. The Balaban J connectivity index is 2.13. The highest BCUT2D eigenvalue weighted by molar-refractivity contribution is 6.05. The zero-order valence-electron chi connectivity index (χ0n) is 13.9. The molecule has 0 aliphatic heterocycles. The Morgan fingerprint density at radius 3 is 2.44 bits per heavy atom. The van der Waals surface area contributed by atoms with E-state index < -0.39 is 17.6 Å². The second-order valence-corrected chi connectivity index (χ2v) is 6.32. The van der Waals surface area contributed by atoms with Crippen molar-refractivity contribution >= 4 is 27.7 Å². The van der Waals surface area contributed by atoms with Gasteiger partial charge in [-0.2, -0.15) is 0 Å². The van der Waals surface area contributed by atoms with E-state index in [0.717, 1.165) is 5.39 Å². The van der Waals surface area contributed by atoms with Gasteiger partial charge in [-0.3, -0.25) is 10.1 Å². The number of aliphatic carboxylic acids is 1. The van der Waals surface area contributed by atoms with E-state index in [2.05, 4.69) is 5.32 Å². The lowest BCUT2D eigenvalue weighted by molar-refractivity contribution is -0.140. The summed E-state index contributed by atoms with van der Waals surface area (Å²) in [4.78, 5) is 23.6. The van der Waals surface area contributed by atoms with Crippen LogP contribution in [-0.2, 0) is 11.3 Å². The molecule has 0 aliphatic rings. The van der Waals surface area contributed by atoms with Crippen LogP contribution in [0.4, 0.5) is 0 Å².